The molecule has 0 aromatic heterocycles. The zero-order chi connectivity index (χ0) is 16.8. The Kier molecular flexibility index (Phi) is 3.55. The third-order valence-electron chi connectivity index (χ3n) is 5.87. The molecule has 0 N–H and O–H groups in total. The molecule has 1 aromatic carbocycles. The fraction of sp³-hybridized carbons (Fsp3) is 0.526. The van der Waals surface area contributed by atoms with Crippen molar-refractivity contribution >= 4 is 11.7 Å². The van der Waals surface area contributed by atoms with Crippen molar-refractivity contribution in [1.29, 1.82) is 5.26 Å². The van der Waals surface area contributed by atoms with Crippen molar-refractivity contribution in [2.45, 2.75) is 32.1 Å². The Balaban J connectivity index is 2.25. The monoisotopic (exact) mass is 310 g/mol. The molecule has 1 aliphatic heterocycles. The number of piperidine rings is 1. The van der Waals surface area contributed by atoms with Crippen molar-refractivity contribution in [1.82, 2.24) is 4.90 Å². The maximum atomic E-state index is 13.2. The van der Waals surface area contributed by atoms with Gasteiger partial charge in [0.05, 0.1) is 11.5 Å². The van der Waals surface area contributed by atoms with Crippen LogP contribution >= 0.6 is 0 Å². The molecule has 3 rings (SSSR count). The second-order valence-electron chi connectivity index (χ2n) is 7.38. The summed E-state index contributed by atoms with van der Waals surface area (Å²) in [6, 6.07) is 11.8. The molecule has 0 spiro atoms. The SMILES string of the molecule is CN1CC[C@H]2C(C)(C)C(=O)C(C#N)C[C@]2(c2ccccc2)C1=O. The first-order chi connectivity index (χ1) is 10.9. The van der Waals surface area contributed by atoms with Crippen LogP contribution in [0.25, 0.3) is 0 Å². The number of benzene rings is 1. The number of nitriles is 1. The van der Waals surface area contributed by atoms with E-state index in [9.17, 15) is 14.9 Å². The van der Waals surface area contributed by atoms with Gasteiger partial charge in [0.25, 0.3) is 0 Å². The van der Waals surface area contributed by atoms with E-state index in [-0.39, 0.29) is 17.6 Å². The van der Waals surface area contributed by atoms with Crippen molar-refractivity contribution in [3.8, 4) is 6.07 Å². The highest BCUT2D eigenvalue weighted by Gasteiger charge is 2.63. The molecule has 0 bridgehead atoms. The van der Waals surface area contributed by atoms with E-state index in [2.05, 4.69) is 6.07 Å². The van der Waals surface area contributed by atoms with Crippen LogP contribution in [0.5, 0.6) is 0 Å². The van der Waals surface area contributed by atoms with Crippen molar-refractivity contribution < 1.29 is 9.59 Å². The number of likely N-dealkylation sites (N-methyl/N-ethyl adjacent to an activating group) is 1. The van der Waals surface area contributed by atoms with E-state index in [1.54, 1.807) is 4.90 Å². The number of Topliss-reactive ketones (excluding diaryl/α,β-unsaturated/α-hetero) is 1. The van der Waals surface area contributed by atoms with Crippen LogP contribution in [0.3, 0.4) is 0 Å². The van der Waals surface area contributed by atoms with Crippen molar-refractivity contribution in [3.63, 3.8) is 0 Å². The molecule has 4 heteroatoms. The van der Waals surface area contributed by atoms with Gasteiger partial charge in [0, 0.05) is 19.0 Å². The first-order valence-corrected chi connectivity index (χ1v) is 8.10. The van der Waals surface area contributed by atoms with Crippen molar-refractivity contribution in [2.75, 3.05) is 13.6 Å². The summed E-state index contributed by atoms with van der Waals surface area (Å²) in [5.74, 6) is -0.773. The molecule has 3 atom stereocenters. The lowest BCUT2D eigenvalue weighted by Crippen LogP contribution is -2.64. The lowest BCUT2D eigenvalue weighted by atomic mass is 9.48. The first kappa shape index (κ1) is 15.7. The largest absolute Gasteiger partial charge is 0.345 e. The number of amides is 1. The molecule has 1 saturated carbocycles. The van der Waals surface area contributed by atoms with Crippen LogP contribution < -0.4 is 0 Å². The number of fused-ring (bicyclic) bond motifs is 1. The van der Waals surface area contributed by atoms with Crippen LogP contribution in [0.15, 0.2) is 30.3 Å². The molecule has 2 fully saturated rings. The fourth-order valence-corrected chi connectivity index (χ4v) is 4.68. The summed E-state index contributed by atoms with van der Waals surface area (Å²) >= 11 is 0. The molecular formula is C19H22N2O2. The molecular weight excluding hydrogens is 288 g/mol. The molecule has 1 unspecified atom stereocenters. The summed E-state index contributed by atoms with van der Waals surface area (Å²) in [5, 5.41) is 9.50. The van der Waals surface area contributed by atoms with Crippen molar-refractivity contribution in [2.24, 2.45) is 17.3 Å². The van der Waals surface area contributed by atoms with E-state index in [4.69, 9.17) is 0 Å². The Morgan fingerprint density at radius 1 is 1.22 bits per heavy atom. The van der Waals surface area contributed by atoms with Gasteiger partial charge in [-0.15, -0.1) is 0 Å². The molecule has 4 nitrogen and oxygen atoms in total. The number of carbonyl (C=O) groups excluding carboxylic acids is 2. The van der Waals surface area contributed by atoms with Crippen LogP contribution in [-0.4, -0.2) is 30.2 Å². The average molecular weight is 310 g/mol. The van der Waals surface area contributed by atoms with Gasteiger partial charge < -0.3 is 4.90 Å². The van der Waals surface area contributed by atoms with Gasteiger partial charge >= 0.3 is 0 Å². The Morgan fingerprint density at radius 3 is 2.48 bits per heavy atom. The molecule has 1 amide bonds. The highest BCUT2D eigenvalue weighted by atomic mass is 16.2. The lowest BCUT2D eigenvalue weighted by Gasteiger charge is -2.55. The summed E-state index contributed by atoms with van der Waals surface area (Å²) in [7, 11) is 1.81. The third kappa shape index (κ3) is 2.03. The Hall–Kier alpha value is -2.15. The van der Waals surface area contributed by atoms with E-state index in [1.807, 2.05) is 51.2 Å². The summed E-state index contributed by atoms with van der Waals surface area (Å²) < 4.78 is 0. The summed E-state index contributed by atoms with van der Waals surface area (Å²) in [4.78, 5) is 27.7. The van der Waals surface area contributed by atoms with E-state index in [0.29, 0.717) is 13.0 Å². The summed E-state index contributed by atoms with van der Waals surface area (Å²) in [6.07, 6.45) is 1.08. The van der Waals surface area contributed by atoms with Crippen LogP contribution in [-0.2, 0) is 15.0 Å². The molecule has 0 radical (unpaired) electrons. The number of carbonyl (C=O) groups is 2. The molecule has 120 valence electrons. The number of hydrogen-bond donors (Lipinski definition) is 0. The quantitative estimate of drug-likeness (QED) is 0.801. The van der Waals surface area contributed by atoms with Crippen molar-refractivity contribution in [3.05, 3.63) is 35.9 Å². The van der Waals surface area contributed by atoms with Gasteiger partial charge in [-0.2, -0.15) is 5.26 Å². The molecule has 1 aromatic rings. The lowest BCUT2D eigenvalue weighted by molar-refractivity contribution is -0.158. The zero-order valence-corrected chi connectivity index (χ0v) is 13.9. The minimum atomic E-state index is -0.772. The van der Waals surface area contributed by atoms with Crippen LogP contribution in [0, 0.1) is 28.6 Å². The van der Waals surface area contributed by atoms with Crippen LogP contribution in [0.4, 0.5) is 0 Å². The van der Waals surface area contributed by atoms with E-state index < -0.39 is 16.7 Å². The number of rotatable bonds is 1. The Bertz CT molecular complexity index is 689. The van der Waals surface area contributed by atoms with Gasteiger partial charge in [0.1, 0.15) is 5.92 Å². The highest BCUT2D eigenvalue weighted by molar-refractivity contribution is 5.97. The maximum absolute atomic E-state index is 13.2. The minimum absolute atomic E-state index is 0.0195. The normalized spacial score (nSPS) is 33.0. The van der Waals surface area contributed by atoms with Gasteiger partial charge in [-0.25, -0.2) is 0 Å². The maximum Gasteiger partial charge on any atom is 0.233 e. The highest BCUT2D eigenvalue weighted by Crippen LogP contribution is 2.56. The summed E-state index contributed by atoms with van der Waals surface area (Å²) in [5.41, 5.74) is -0.514. The standard InChI is InChI=1S/C19H22N2O2/c1-18(2)15-9-10-21(3)17(23)19(15,11-13(12-20)16(18)22)14-7-5-4-6-8-14/h4-8,13,15H,9-11H2,1-3H3/t13?,15-,19+/m0/s1. The van der Waals surface area contributed by atoms with E-state index in [0.717, 1.165) is 12.0 Å². The fourth-order valence-electron chi connectivity index (χ4n) is 4.68. The van der Waals surface area contributed by atoms with Gasteiger partial charge in [-0.05, 0) is 24.3 Å². The van der Waals surface area contributed by atoms with E-state index >= 15 is 0 Å². The number of hydrogen-bond acceptors (Lipinski definition) is 3. The molecule has 1 heterocycles. The van der Waals surface area contributed by atoms with Gasteiger partial charge in [-0.1, -0.05) is 44.2 Å². The van der Waals surface area contributed by atoms with Crippen LogP contribution in [0.2, 0.25) is 0 Å². The molecule has 1 saturated heterocycles. The average Bonchev–Trinajstić information content (AvgIpc) is 2.55. The number of nitrogens with zero attached hydrogens (tertiary/aromatic N) is 2. The van der Waals surface area contributed by atoms with Gasteiger partial charge in [0.2, 0.25) is 5.91 Å². The second kappa shape index (κ2) is 5.19. The third-order valence-corrected chi connectivity index (χ3v) is 5.87. The van der Waals surface area contributed by atoms with E-state index in [1.165, 1.54) is 0 Å². The predicted molar refractivity (Wildman–Crippen MR) is 86.4 cm³/mol. The molecule has 23 heavy (non-hydrogen) atoms. The Labute approximate surface area is 137 Å². The molecule has 2 aliphatic rings. The summed E-state index contributed by atoms with van der Waals surface area (Å²) in [6.45, 7) is 4.46. The Morgan fingerprint density at radius 2 is 1.87 bits per heavy atom. The second-order valence-corrected chi connectivity index (χ2v) is 7.38. The topological polar surface area (TPSA) is 61.2 Å². The molecule has 1 aliphatic carbocycles. The number of likely N-dealkylation sites (tertiary alicyclic amines) is 1. The first-order valence-electron chi connectivity index (χ1n) is 8.10. The zero-order valence-electron chi connectivity index (χ0n) is 13.9. The minimum Gasteiger partial charge on any atom is -0.345 e. The predicted octanol–water partition coefficient (Wildman–Crippen LogP) is 2.54. The number of ketones is 1. The van der Waals surface area contributed by atoms with Gasteiger partial charge in [0.15, 0.2) is 5.78 Å². The smallest absolute Gasteiger partial charge is 0.233 e. The van der Waals surface area contributed by atoms with Gasteiger partial charge in [-0.3, -0.25) is 9.59 Å². The van der Waals surface area contributed by atoms with Crippen LogP contribution in [0.1, 0.15) is 32.3 Å².